The Bertz CT molecular complexity index is 565. The molecule has 1 aromatic carbocycles. The van der Waals surface area contributed by atoms with Crippen LogP contribution < -0.4 is 4.74 Å². The van der Waals surface area contributed by atoms with Crippen LogP contribution in [0.3, 0.4) is 0 Å². The lowest BCUT2D eigenvalue weighted by Gasteiger charge is -2.06. The van der Waals surface area contributed by atoms with Crippen LogP contribution in [0.25, 0.3) is 0 Å². The molecule has 0 aliphatic rings. The third-order valence-corrected chi connectivity index (χ3v) is 2.62. The Kier molecular flexibility index (Phi) is 3.59. The molecule has 0 amide bonds. The van der Waals surface area contributed by atoms with Crippen molar-refractivity contribution in [2.75, 3.05) is 0 Å². The fraction of sp³-hybridized carbons (Fsp3) is 0. The van der Waals surface area contributed by atoms with Gasteiger partial charge in [-0.1, -0.05) is 11.6 Å². The molecular weight excluding hydrogens is 315 g/mol. The van der Waals surface area contributed by atoms with Gasteiger partial charge in [0, 0.05) is 16.7 Å². The van der Waals surface area contributed by atoms with Gasteiger partial charge >= 0.3 is 0 Å². The molecule has 1 aromatic heterocycles. The molecule has 2 nitrogen and oxygen atoms in total. The summed E-state index contributed by atoms with van der Waals surface area (Å²) in [6, 6.07) is 5.01. The number of pyridine rings is 1. The standard InChI is InChI=1S/C11H5BrClF2NO/c12-6-3-10(15)11(16-5-6)17-7-1-2-8(13)9(14)4-7/h1-5H. The van der Waals surface area contributed by atoms with Gasteiger partial charge in [-0.15, -0.1) is 0 Å². The van der Waals surface area contributed by atoms with Crippen molar-refractivity contribution in [2.45, 2.75) is 0 Å². The van der Waals surface area contributed by atoms with E-state index in [1.807, 2.05) is 0 Å². The average Bonchev–Trinajstić information content (AvgIpc) is 2.27. The zero-order valence-corrected chi connectivity index (χ0v) is 10.6. The lowest BCUT2D eigenvalue weighted by molar-refractivity contribution is 0.419. The Labute approximate surface area is 109 Å². The summed E-state index contributed by atoms with van der Waals surface area (Å²) in [6.45, 7) is 0. The quantitative estimate of drug-likeness (QED) is 0.809. The van der Waals surface area contributed by atoms with Crippen LogP contribution in [-0.2, 0) is 0 Å². The molecule has 0 fully saturated rings. The molecule has 0 bridgehead atoms. The van der Waals surface area contributed by atoms with Crippen molar-refractivity contribution in [2.24, 2.45) is 0 Å². The Hall–Kier alpha value is -1.20. The van der Waals surface area contributed by atoms with Crippen LogP contribution in [-0.4, -0.2) is 4.98 Å². The van der Waals surface area contributed by atoms with E-state index in [-0.39, 0.29) is 16.7 Å². The van der Waals surface area contributed by atoms with Crippen molar-refractivity contribution in [1.82, 2.24) is 4.98 Å². The molecule has 2 rings (SSSR count). The third-order valence-electron chi connectivity index (χ3n) is 1.88. The predicted octanol–water partition coefficient (Wildman–Crippen LogP) is 4.57. The zero-order valence-electron chi connectivity index (χ0n) is 8.25. The van der Waals surface area contributed by atoms with Crippen molar-refractivity contribution in [3.05, 3.63) is 51.6 Å². The first-order valence-electron chi connectivity index (χ1n) is 4.50. The van der Waals surface area contributed by atoms with Gasteiger partial charge in [-0.05, 0) is 34.1 Å². The first kappa shape index (κ1) is 12.3. The molecule has 0 spiro atoms. The second kappa shape index (κ2) is 4.98. The molecule has 0 saturated heterocycles. The Morgan fingerprint density at radius 3 is 2.59 bits per heavy atom. The molecule has 0 N–H and O–H groups in total. The van der Waals surface area contributed by atoms with Crippen molar-refractivity contribution >= 4 is 27.5 Å². The highest BCUT2D eigenvalue weighted by Crippen LogP contribution is 2.26. The van der Waals surface area contributed by atoms with E-state index in [0.29, 0.717) is 4.47 Å². The number of halogens is 4. The van der Waals surface area contributed by atoms with Gasteiger partial charge in [-0.2, -0.15) is 0 Å². The molecule has 2 aromatic rings. The maximum Gasteiger partial charge on any atom is 0.255 e. The largest absolute Gasteiger partial charge is 0.436 e. The van der Waals surface area contributed by atoms with Gasteiger partial charge in [0.1, 0.15) is 11.6 Å². The summed E-state index contributed by atoms with van der Waals surface area (Å²) in [5, 5.41) is -0.0263. The minimum atomic E-state index is -0.644. The van der Waals surface area contributed by atoms with E-state index >= 15 is 0 Å². The number of aromatic nitrogens is 1. The molecule has 0 aliphatic carbocycles. The van der Waals surface area contributed by atoms with Gasteiger partial charge < -0.3 is 4.74 Å². The predicted molar refractivity (Wildman–Crippen MR) is 63.4 cm³/mol. The van der Waals surface area contributed by atoms with Crippen LogP contribution >= 0.6 is 27.5 Å². The highest BCUT2D eigenvalue weighted by Gasteiger charge is 2.08. The number of benzene rings is 1. The van der Waals surface area contributed by atoms with E-state index in [9.17, 15) is 8.78 Å². The summed E-state index contributed by atoms with van der Waals surface area (Å²) >= 11 is 8.58. The van der Waals surface area contributed by atoms with E-state index in [1.165, 1.54) is 24.4 Å². The average molecular weight is 321 g/mol. The molecule has 1 heterocycles. The van der Waals surface area contributed by atoms with Crippen molar-refractivity contribution in [1.29, 1.82) is 0 Å². The summed E-state index contributed by atoms with van der Waals surface area (Å²) in [5.74, 6) is -1.38. The van der Waals surface area contributed by atoms with Gasteiger partial charge in [0.15, 0.2) is 5.82 Å². The van der Waals surface area contributed by atoms with Gasteiger partial charge in [-0.3, -0.25) is 0 Å². The van der Waals surface area contributed by atoms with Gasteiger partial charge in [0.25, 0.3) is 5.88 Å². The van der Waals surface area contributed by atoms with Crippen LogP contribution in [0.4, 0.5) is 8.78 Å². The molecular formula is C11H5BrClF2NO. The highest BCUT2D eigenvalue weighted by atomic mass is 79.9. The summed E-state index contributed by atoms with van der Waals surface area (Å²) in [6.07, 6.45) is 1.38. The van der Waals surface area contributed by atoms with E-state index < -0.39 is 11.6 Å². The molecule has 0 unspecified atom stereocenters. The second-order valence-corrected chi connectivity index (χ2v) is 4.44. The molecule has 0 saturated carbocycles. The maximum atomic E-state index is 13.4. The normalized spacial score (nSPS) is 10.4. The maximum absolute atomic E-state index is 13.4. The number of hydrogen-bond acceptors (Lipinski definition) is 2. The van der Waals surface area contributed by atoms with Crippen LogP contribution in [0.15, 0.2) is 34.9 Å². The smallest absolute Gasteiger partial charge is 0.255 e. The Morgan fingerprint density at radius 1 is 1.18 bits per heavy atom. The highest BCUT2D eigenvalue weighted by molar-refractivity contribution is 9.10. The summed E-state index contributed by atoms with van der Waals surface area (Å²) in [4.78, 5) is 3.73. The second-order valence-electron chi connectivity index (χ2n) is 3.12. The lowest BCUT2D eigenvalue weighted by Crippen LogP contribution is -1.92. The summed E-state index contributed by atoms with van der Waals surface area (Å²) in [7, 11) is 0. The van der Waals surface area contributed by atoms with E-state index in [4.69, 9.17) is 16.3 Å². The summed E-state index contributed by atoms with van der Waals surface area (Å²) in [5.41, 5.74) is 0. The van der Waals surface area contributed by atoms with Gasteiger partial charge in [0.05, 0.1) is 5.02 Å². The summed E-state index contributed by atoms with van der Waals surface area (Å²) < 4.78 is 32.1. The topological polar surface area (TPSA) is 22.1 Å². The van der Waals surface area contributed by atoms with Crippen molar-refractivity contribution in [3.8, 4) is 11.6 Å². The van der Waals surface area contributed by atoms with Crippen LogP contribution in [0.5, 0.6) is 11.6 Å². The number of hydrogen-bond donors (Lipinski definition) is 0. The monoisotopic (exact) mass is 319 g/mol. The van der Waals surface area contributed by atoms with E-state index in [1.54, 1.807) is 0 Å². The minimum Gasteiger partial charge on any atom is -0.436 e. The fourth-order valence-corrected chi connectivity index (χ4v) is 1.55. The van der Waals surface area contributed by atoms with Crippen LogP contribution in [0.2, 0.25) is 5.02 Å². The minimum absolute atomic E-state index is 0.0263. The van der Waals surface area contributed by atoms with Crippen LogP contribution in [0.1, 0.15) is 0 Å². The van der Waals surface area contributed by atoms with Crippen molar-refractivity contribution in [3.63, 3.8) is 0 Å². The molecule has 0 radical (unpaired) electrons. The number of rotatable bonds is 2. The SMILES string of the molecule is Fc1cc(Oc2ncc(Br)cc2F)ccc1Cl. The van der Waals surface area contributed by atoms with Crippen molar-refractivity contribution < 1.29 is 13.5 Å². The van der Waals surface area contributed by atoms with Gasteiger partial charge in [-0.25, -0.2) is 13.8 Å². The first-order valence-corrected chi connectivity index (χ1v) is 5.67. The van der Waals surface area contributed by atoms with E-state index in [0.717, 1.165) is 6.07 Å². The molecule has 0 aliphatic heterocycles. The Morgan fingerprint density at radius 2 is 1.94 bits per heavy atom. The van der Waals surface area contributed by atoms with Crippen LogP contribution in [0, 0.1) is 11.6 Å². The Balaban J connectivity index is 2.28. The first-order chi connectivity index (χ1) is 8.06. The van der Waals surface area contributed by atoms with E-state index in [2.05, 4.69) is 20.9 Å². The fourth-order valence-electron chi connectivity index (χ4n) is 1.13. The van der Waals surface area contributed by atoms with Gasteiger partial charge in [0.2, 0.25) is 0 Å². The molecule has 6 heteroatoms. The third kappa shape index (κ3) is 2.92. The number of ether oxygens (including phenoxy) is 1. The lowest BCUT2D eigenvalue weighted by atomic mass is 10.3. The molecule has 0 atom stereocenters. The molecule has 88 valence electrons. The number of nitrogens with zero attached hydrogens (tertiary/aromatic N) is 1. The molecule has 17 heavy (non-hydrogen) atoms. The zero-order chi connectivity index (χ0) is 12.4.